The first kappa shape index (κ1) is 22.6. The number of carbonyl (C=O) groups excluding carboxylic acids is 2. The molecule has 0 bridgehead atoms. The van der Waals surface area contributed by atoms with Crippen LogP contribution in [0, 0.1) is 11.7 Å². The molecule has 4 rings (SSSR count). The molecular weight excluding hydrogens is 441 g/mol. The van der Waals surface area contributed by atoms with Gasteiger partial charge in [-0.1, -0.05) is 11.6 Å². The zero-order valence-corrected chi connectivity index (χ0v) is 18.3. The monoisotopic (exact) mass is 463 g/mol. The maximum atomic E-state index is 15.2. The third-order valence-electron chi connectivity index (χ3n) is 6.24. The van der Waals surface area contributed by atoms with Gasteiger partial charge < -0.3 is 24.7 Å². The van der Waals surface area contributed by atoms with Crippen molar-refractivity contribution in [1.29, 1.82) is 0 Å². The summed E-state index contributed by atoms with van der Waals surface area (Å²) in [7, 11) is 1.39. The van der Waals surface area contributed by atoms with Gasteiger partial charge in [0.1, 0.15) is 12.4 Å². The summed E-state index contributed by atoms with van der Waals surface area (Å²) < 4.78 is 20.6. The molecule has 2 N–H and O–H groups in total. The van der Waals surface area contributed by atoms with Crippen LogP contribution >= 0.6 is 11.6 Å². The molecule has 2 aliphatic heterocycles. The van der Waals surface area contributed by atoms with Crippen LogP contribution in [-0.2, 0) is 21.7 Å². The molecule has 2 aliphatic rings. The highest BCUT2D eigenvalue weighted by Crippen LogP contribution is 2.42. The third-order valence-corrected chi connectivity index (χ3v) is 6.47. The van der Waals surface area contributed by atoms with Gasteiger partial charge in [0.15, 0.2) is 6.23 Å². The Balaban J connectivity index is 1.62. The highest BCUT2D eigenvalue weighted by molar-refractivity contribution is 6.30. The van der Waals surface area contributed by atoms with Gasteiger partial charge in [0.05, 0.1) is 28.4 Å². The number of halogens is 2. The van der Waals surface area contributed by atoms with Gasteiger partial charge in [-0.3, -0.25) is 14.6 Å². The molecular formula is C22H23ClFN3O5. The summed E-state index contributed by atoms with van der Waals surface area (Å²) in [6.07, 6.45) is 0.529. The van der Waals surface area contributed by atoms with Crippen LogP contribution in [0.5, 0.6) is 0 Å². The van der Waals surface area contributed by atoms with E-state index in [0.717, 1.165) is 0 Å². The first-order chi connectivity index (χ1) is 15.2. The fourth-order valence-corrected chi connectivity index (χ4v) is 4.31. The summed E-state index contributed by atoms with van der Waals surface area (Å²) in [5.41, 5.74) is -0.450. The Hall–Kier alpha value is -2.59. The maximum absolute atomic E-state index is 15.2. The second kappa shape index (κ2) is 8.40. The minimum absolute atomic E-state index is 0.0925. The van der Waals surface area contributed by atoms with Crippen LogP contribution < -0.4 is 0 Å². The number of rotatable bonds is 6. The first-order valence-electron chi connectivity index (χ1n) is 10.1. The number of methoxy groups -OCH3 is 1. The summed E-state index contributed by atoms with van der Waals surface area (Å²) in [4.78, 5) is 31.7. The van der Waals surface area contributed by atoms with Crippen molar-refractivity contribution in [2.75, 3.05) is 26.8 Å². The van der Waals surface area contributed by atoms with E-state index in [2.05, 4.69) is 4.98 Å². The second-order valence-electron chi connectivity index (χ2n) is 8.21. The molecule has 0 spiro atoms. The van der Waals surface area contributed by atoms with Crippen LogP contribution in [0.1, 0.15) is 40.3 Å². The number of ether oxygens (including phenoxy) is 1. The van der Waals surface area contributed by atoms with Crippen molar-refractivity contribution in [3.8, 4) is 0 Å². The number of aliphatic hydroxyl groups is 2. The van der Waals surface area contributed by atoms with Gasteiger partial charge >= 0.3 is 0 Å². The Kier molecular flexibility index (Phi) is 5.93. The van der Waals surface area contributed by atoms with E-state index >= 15 is 4.39 Å². The van der Waals surface area contributed by atoms with E-state index in [-0.39, 0.29) is 42.2 Å². The van der Waals surface area contributed by atoms with Crippen LogP contribution in [0.2, 0.25) is 5.02 Å². The number of nitrogens with zero attached hydrogens (tertiary/aromatic N) is 3. The average molecular weight is 464 g/mol. The van der Waals surface area contributed by atoms with Crippen LogP contribution in [0.25, 0.3) is 0 Å². The molecule has 1 fully saturated rings. The molecule has 10 heteroatoms. The molecule has 2 unspecified atom stereocenters. The summed E-state index contributed by atoms with van der Waals surface area (Å²) in [6.45, 7) is 1.48. The quantitative estimate of drug-likeness (QED) is 0.677. The van der Waals surface area contributed by atoms with E-state index in [4.69, 9.17) is 21.4 Å². The number of pyridine rings is 1. The van der Waals surface area contributed by atoms with E-state index in [1.165, 1.54) is 42.2 Å². The molecule has 1 aromatic carbocycles. The number of aliphatic hydroxyl groups excluding tert-OH is 1. The predicted octanol–water partition coefficient (Wildman–Crippen LogP) is 1.83. The van der Waals surface area contributed by atoms with E-state index < -0.39 is 36.1 Å². The number of aromatic nitrogens is 1. The Bertz CT molecular complexity index is 1060. The number of benzene rings is 1. The highest BCUT2D eigenvalue weighted by Gasteiger charge is 2.46. The van der Waals surface area contributed by atoms with E-state index in [9.17, 15) is 14.7 Å². The normalized spacial score (nSPS) is 20.2. The average Bonchev–Trinajstić information content (AvgIpc) is 3.00. The van der Waals surface area contributed by atoms with Crippen molar-refractivity contribution in [3.63, 3.8) is 0 Å². The Morgan fingerprint density at radius 3 is 2.69 bits per heavy atom. The van der Waals surface area contributed by atoms with Gasteiger partial charge in [-0.05, 0) is 36.8 Å². The lowest BCUT2D eigenvalue weighted by Crippen LogP contribution is -2.58. The SMILES string of the molecule is COC1c2c(F)cc(C(C)(O)C3CN(C(=O)CO)C3)cc2C(=O)N1Cc1ccc(Cl)cn1. The molecule has 0 aliphatic carbocycles. The van der Waals surface area contributed by atoms with Gasteiger partial charge in [-0.2, -0.15) is 0 Å². The van der Waals surface area contributed by atoms with E-state index in [1.54, 1.807) is 12.1 Å². The van der Waals surface area contributed by atoms with Crippen molar-refractivity contribution in [3.05, 3.63) is 63.7 Å². The third kappa shape index (κ3) is 3.75. The molecule has 2 amide bonds. The predicted molar refractivity (Wildman–Crippen MR) is 112 cm³/mol. The van der Waals surface area contributed by atoms with Gasteiger partial charge in [0, 0.05) is 37.9 Å². The summed E-state index contributed by atoms with van der Waals surface area (Å²) >= 11 is 5.87. The zero-order valence-electron chi connectivity index (χ0n) is 17.6. The lowest BCUT2D eigenvalue weighted by Gasteiger charge is -2.46. The lowest BCUT2D eigenvalue weighted by molar-refractivity contribution is -0.149. The topological polar surface area (TPSA) is 103 Å². The molecule has 3 heterocycles. The number of hydrogen-bond donors (Lipinski definition) is 2. The van der Waals surface area contributed by atoms with E-state index in [1.807, 2.05) is 0 Å². The van der Waals surface area contributed by atoms with Crippen molar-refractivity contribution in [1.82, 2.24) is 14.8 Å². The second-order valence-corrected chi connectivity index (χ2v) is 8.65. The van der Waals surface area contributed by atoms with Crippen LogP contribution in [0.3, 0.4) is 0 Å². The lowest BCUT2D eigenvalue weighted by atomic mass is 9.77. The van der Waals surface area contributed by atoms with Gasteiger partial charge in [-0.15, -0.1) is 0 Å². The van der Waals surface area contributed by atoms with Gasteiger partial charge in [-0.25, -0.2) is 4.39 Å². The number of amides is 2. The van der Waals surface area contributed by atoms with Crippen LogP contribution in [-0.4, -0.2) is 63.6 Å². The summed E-state index contributed by atoms with van der Waals surface area (Å²) in [5.74, 6) is -1.89. The molecule has 0 radical (unpaired) electrons. The number of hydrogen-bond acceptors (Lipinski definition) is 6. The first-order valence-corrected chi connectivity index (χ1v) is 10.4. The summed E-state index contributed by atoms with van der Waals surface area (Å²) in [5, 5.41) is 20.6. The number of likely N-dealkylation sites (tertiary alicyclic amines) is 1. The molecule has 8 nitrogen and oxygen atoms in total. The molecule has 2 aromatic rings. The number of fused-ring (bicyclic) bond motifs is 1. The maximum Gasteiger partial charge on any atom is 0.257 e. The fourth-order valence-electron chi connectivity index (χ4n) is 4.20. The zero-order chi connectivity index (χ0) is 23.2. The Labute approximate surface area is 189 Å². The standard InChI is InChI=1S/C22H23ClFN3O5/c1-22(31,13-8-26(9-13)18(29)11-28)12-5-16-19(17(24)6-12)21(32-2)27(20(16)30)10-15-4-3-14(23)7-25-15/h3-7,13,21,28,31H,8-11H2,1-2H3. The Morgan fingerprint density at radius 2 is 2.09 bits per heavy atom. The highest BCUT2D eigenvalue weighted by atomic mass is 35.5. The smallest absolute Gasteiger partial charge is 0.257 e. The molecule has 32 heavy (non-hydrogen) atoms. The molecule has 1 aromatic heterocycles. The van der Waals surface area contributed by atoms with E-state index in [0.29, 0.717) is 10.7 Å². The minimum atomic E-state index is -1.48. The van der Waals surface area contributed by atoms with Crippen molar-refractivity contribution < 1.29 is 28.9 Å². The van der Waals surface area contributed by atoms with Crippen molar-refractivity contribution in [2.24, 2.45) is 5.92 Å². The van der Waals surface area contributed by atoms with Gasteiger partial charge in [0.2, 0.25) is 5.91 Å². The van der Waals surface area contributed by atoms with Crippen LogP contribution in [0.4, 0.5) is 4.39 Å². The van der Waals surface area contributed by atoms with Crippen molar-refractivity contribution in [2.45, 2.75) is 25.3 Å². The van der Waals surface area contributed by atoms with Crippen LogP contribution in [0.15, 0.2) is 30.5 Å². The van der Waals surface area contributed by atoms with Gasteiger partial charge in [0.25, 0.3) is 5.91 Å². The minimum Gasteiger partial charge on any atom is -0.387 e. The molecule has 1 saturated heterocycles. The fraction of sp³-hybridized carbons (Fsp3) is 0.409. The molecule has 2 atom stereocenters. The molecule has 0 saturated carbocycles. The number of carbonyl (C=O) groups is 2. The van der Waals surface area contributed by atoms with Crippen molar-refractivity contribution >= 4 is 23.4 Å². The molecule has 170 valence electrons. The summed E-state index contributed by atoms with van der Waals surface area (Å²) in [6, 6.07) is 6.02. The Morgan fingerprint density at radius 1 is 1.38 bits per heavy atom. The largest absolute Gasteiger partial charge is 0.387 e.